The van der Waals surface area contributed by atoms with Crippen molar-refractivity contribution >= 4 is 17.6 Å². The molecule has 1 aromatic carbocycles. The van der Waals surface area contributed by atoms with Crippen molar-refractivity contribution in [1.29, 1.82) is 0 Å². The van der Waals surface area contributed by atoms with E-state index in [2.05, 4.69) is 5.32 Å². The number of aliphatic carboxylic acids is 1. The smallest absolute Gasteiger partial charge is 0.303 e. The van der Waals surface area contributed by atoms with Gasteiger partial charge in [0.05, 0.1) is 0 Å². The quantitative estimate of drug-likeness (QED) is 0.825. The number of amides is 1. The lowest BCUT2D eigenvalue weighted by molar-refractivity contribution is -0.137. The van der Waals surface area contributed by atoms with E-state index in [4.69, 9.17) is 9.84 Å². The van der Waals surface area contributed by atoms with Crippen molar-refractivity contribution < 1.29 is 19.4 Å². The lowest BCUT2D eigenvalue weighted by Crippen LogP contribution is -2.39. The minimum Gasteiger partial charge on any atom is -0.481 e. The Morgan fingerprint density at radius 3 is 2.53 bits per heavy atom. The van der Waals surface area contributed by atoms with Gasteiger partial charge in [-0.1, -0.05) is 18.2 Å². The van der Waals surface area contributed by atoms with E-state index in [1.54, 1.807) is 32.0 Å². The zero-order valence-corrected chi connectivity index (χ0v) is 11.4. The zero-order valence-electron chi connectivity index (χ0n) is 11.4. The van der Waals surface area contributed by atoms with Gasteiger partial charge in [0, 0.05) is 19.2 Å². The fourth-order valence-electron chi connectivity index (χ4n) is 1.47. The number of hydrogen-bond acceptors (Lipinski definition) is 3. The standard InChI is InChI=1S/C14H19NO4/c1-14(2,19-3)13(18)15-11-7-5-4-6-10(11)8-9-12(16)17/h4-7H,8-9H2,1-3H3,(H,15,18)(H,16,17). The molecule has 0 spiro atoms. The molecule has 0 atom stereocenters. The first kappa shape index (κ1) is 15.2. The Morgan fingerprint density at radius 2 is 1.95 bits per heavy atom. The van der Waals surface area contributed by atoms with Crippen molar-refractivity contribution in [3.05, 3.63) is 29.8 Å². The summed E-state index contributed by atoms with van der Waals surface area (Å²) in [5.41, 5.74) is 0.490. The van der Waals surface area contributed by atoms with Gasteiger partial charge in [0.25, 0.3) is 5.91 Å². The Morgan fingerprint density at radius 1 is 1.32 bits per heavy atom. The third kappa shape index (κ3) is 4.37. The van der Waals surface area contributed by atoms with Crippen molar-refractivity contribution in [2.45, 2.75) is 32.3 Å². The van der Waals surface area contributed by atoms with Gasteiger partial charge >= 0.3 is 5.97 Å². The molecule has 104 valence electrons. The molecule has 1 amide bonds. The Bertz CT molecular complexity index is 468. The summed E-state index contributed by atoms with van der Waals surface area (Å²) in [5, 5.41) is 11.5. The van der Waals surface area contributed by atoms with Gasteiger partial charge in [0.1, 0.15) is 5.60 Å². The number of carboxylic acids is 1. The van der Waals surface area contributed by atoms with E-state index < -0.39 is 11.6 Å². The maximum atomic E-state index is 12.0. The number of hydrogen-bond donors (Lipinski definition) is 2. The lowest BCUT2D eigenvalue weighted by Gasteiger charge is -2.22. The van der Waals surface area contributed by atoms with Crippen LogP contribution < -0.4 is 5.32 Å². The number of rotatable bonds is 6. The third-order valence-electron chi connectivity index (χ3n) is 2.93. The summed E-state index contributed by atoms with van der Waals surface area (Å²) >= 11 is 0. The fraction of sp³-hybridized carbons (Fsp3) is 0.429. The van der Waals surface area contributed by atoms with Crippen LogP contribution in [0.15, 0.2) is 24.3 Å². The summed E-state index contributed by atoms with van der Waals surface area (Å²) in [6, 6.07) is 7.16. The summed E-state index contributed by atoms with van der Waals surface area (Å²) in [7, 11) is 1.47. The van der Waals surface area contributed by atoms with Crippen LogP contribution in [0, 0.1) is 0 Å². The number of methoxy groups -OCH3 is 1. The van der Waals surface area contributed by atoms with Gasteiger partial charge in [0.15, 0.2) is 0 Å². The second-order valence-corrected chi connectivity index (χ2v) is 4.72. The molecule has 19 heavy (non-hydrogen) atoms. The van der Waals surface area contributed by atoms with E-state index in [1.165, 1.54) is 7.11 Å². The molecule has 0 unspecified atom stereocenters. The highest BCUT2D eigenvalue weighted by molar-refractivity contribution is 5.97. The lowest BCUT2D eigenvalue weighted by atomic mass is 10.1. The Hall–Kier alpha value is -1.88. The van der Waals surface area contributed by atoms with Gasteiger partial charge in [-0.05, 0) is 31.9 Å². The predicted molar refractivity (Wildman–Crippen MR) is 72.1 cm³/mol. The van der Waals surface area contributed by atoms with Crippen molar-refractivity contribution in [1.82, 2.24) is 0 Å². The van der Waals surface area contributed by atoms with Gasteiger partial charge < -0.3 is 15.2 Å². The first-order valence-corrected chi connectivity index (χ1v) is 6.03. The second kappa shape index (κ2) is 6.33. The number of carbonyl (C=O) groups excluding carboxylic acids is 1. The zero-order chi connectivity index (χ0) is 14.5. The highest BCUT2D eigenvalue weighted by atomic mass is 16.5. The second-order valence-electron chi connectivity index (χ2n) is 4.72. The van der Waals surface area contributed by atoms with E-state index in [9.17, 15) is 9.59 Å². The molecule has 0 aliphatic carbocycles. The Balaban J connectivity index is 2.83. The molecule has 0 radical (unpaired) electrons. The number of carboxylic acid groups (broad SMARTS) is 1. The van der Waals surface area contributed by atoms with Gasteiger partial charge in [-0.25, -0.2) is 0 Å². The molecular formula is C14H19NO4. The van der Waals surface area contributed by atoms with E-state index in [1.807, 2.05) is 6.07 Å². The average molecular weight is 265 g/mol. The Kier molecular flexibility index (Phi) is 5.06. The fourth-order valence-corrected chi connectivity index (χ4v) is 1.47. The minimum atomic E-state index is -0.931. The van der Waals surface area contributed by atoms with E-state index in [0.717, 1.165) is 5.56 Å². The molecule has 0 saturated heterocycles. The summed E-state index contributed by atoms with van der Waals surface area (Å²) < 4.78 is 5.10. The molecule has 0 heterocycles. The SMILES string of the molecule is COC(C)(C)C(=O)Nc1ccccc1CCC(=O)O. The van der Waals surface area contributed by atoms with Crippen LogP contribution in [0.1, 0.15) is 25.8 Å². The summed E-state index contributed by atoms with van der Waals surface area (Å²) in [6.07, 6.45) is 0.403. The number of benzene rings is 1. The molecule has 0 aliphatic heterocycles. The van der Waals surface area contributed by atoms with Crippen molar-refractivity contribution in [3.63, 3.8) is 0 Å². The summed E-state index contributed by atoms with van der Waals surface area (Å²) in [4.78, 5) is 22.6. The predicted octanol–water partition coefficient (Wildman–Crippen LogP) is 2.07. The van der Waals surface area contributed by atoms with E-state index >= 15 is 0 Å². The normalized spacial score (nSPS) is 11.1. The first-order chi connectivity index (χ1) is 8.86. The van der Waals surface area contributed by atoms with Crippen LogP contribution in [0.5, 0.6) is 0 Å². The van der Waals surface area contributed by atoms with Crippen molar-refractivity contribution in [3.8, 4) is 0 Å². The van der Waals surface area contributed by atoms with Crippen LogP contribution in [0.4, 0.5) is 5.69 Å². The largest absolute Gasteiger partial charge is 0.481 e. The molecule has 2 N–H and O–H groups in total. The molecule has 5 heteroatoms. The molecule has 0 saturated carbocycles. The maximum absolute atomic E-state index is 12.0. The van der Waals surface area contributed by atoms with Gasteiger partial charge in [-0.2, -0.15) is 0 Å². The molecule has 0 aliphatic rings. The maximum Gasteiger partial charge on any atom is 0.303 e. The van der Waals surface area contributed by atoms with Crippen molar-refractivity contribution in [2.75, 3.05) is 12.4 Å². The summed E-state index contributed by atoms with van der Waals surface area (Å²) in [5.74, 6) is -1.13. The molecule has 0 aromatic heterocycles. The molecular weight excluding hydrogens is 246 g/mol. The molecule has 0 bridgehead atoms. The number of anilines is 1. The Labute approximate surface area is 112 Å². The number of nitrogens with one attached hydrogen (secondary N) is 1. The third-order valence-corrected chi connectivity index (χ3v) is 2.93. The van der Waals surface area contributed by atoms with Crippen LogP contribution in [0.2, 0.25) is 0 Å². The monoisotopic (exact) mass is 265 g/mol. The first-order valence-electron chi connectivity index (χ1n) is 6.03. The van der Waals surface area contributed by atoms with E-state index in [-0.39, 0.29) is 12.3 Å². The van der Waals surface area contributed by atoms with Gasteiger partial charge in [-0.15, -0.1) is 0 Å². The highest BCUT2D eigenvalue weighted by Gasteiger charge is 2.27. The topological polar surface area (TPSA) is 75.6 Å². The van der Waals surface area contributed by atoms with Gasteiger partial charge in [-0.3, -0.25) is 9.59 Å². The number of aryl methyl sites for hydroxylation is 1. The molecule has 0 fully saturated rings. The van der Waals surface area contributed by atoms with Crippen LogP contribution >= 0.6 is 0 Å². The highest BCUT2D eigenvalue weighted by Crippen LogP contribution is 2.19. The van der Waals surface area contributed by atoms with Gasteiger partial charge in [0.2, 0.25) is 0 Å². The number of para-hydroxylation sites is 1. The van der Waals surface area contributed by atoms with Crippen molar-refractivity contribution in [2.24, 2.45) is 0 Å². The number of carbonyl (C=O) groups is 2. The van der Waals surface area contributed by atoms with E-state index in [0.29, 0.717) is 12.1 Å². The minimum absolute atomic E-state index is 0.0283. The van der Waals surface area contributed by atoms with Crippen LogP contribution in [-0.4, -0.2) is 29.7 Å². The van der Waals surface area contributed by atoms with Crippen LogP contribution in [0.3, 0.4) is 0 Å². The molecule has 1 aromatic rings. The van der Waals surface area contributed by atoms with Crippen LogP contribution in [-0.2, 0) is 20.7 Å². The average Bonchev–Trinajstić information content (AvgIpc) is 2.37. The summed E-state index contributed by atoms with van der Waals surface area (Å²) in [6.45, 7) is 3.34. The number of ether oxygens (including phenoxy) is 1. The molecule has 1 rings (SSSR count). The molecule has 5 nitrogen and oxygen atoms in total. The van der Waals surface area contributed by atoms with Crippen LogP contribution in [0.25, 0.3) is 0 Å².